The van der Waals surface area contributed by atoms with Gasteiger partial charge >= 0.3 is 0 Å². The van der Waals surface area contributed by atoms with Gasteiger partial charge in [0.1, 0.15) is 11.5 Å². The van der Waals surface area contributed by atoms with Crippen molar-refractivity contribution in [3.8, 4) is 11.5 Å². The number of anilines is 2. The van der Waals surface area contributed by atoms with Gasteiger partial charge in [-0.2, -0.15) is 0 Å². The van der Waals surface area contributed by atoms with Crippen molar-refractivity contribution in [2.75, 3.05) is 30.4 Å². The zero-order valence-corrected chi connectivity index (χ0v) is 17.3. The van der Waals surface area contributed by atoms with Gasteiger partial charge in [0, 0.05) is 17.6 Å². The van der Waals surface area contributed by atoms with Crippen LogP contribution in [-0.2, 0) is 14.8 Å². The number of sulfonamides is 1. The van der Waals surface area contributed by atoms with Gasteiger partial charge in [0.05, 0.1) is 25.6 Å². The lowest BCUT2D eigenvalue weighted by atomic mass is 10.1. The van der Waals surface area contributed by atoms with Crippen LogP contribution in [0.15, 0.2) is 42.5 Å². The molecule has 1 saturated heterocycles. The highest BCUT2D eigenvalue weighted by Gasteiger charge is 2.54. The molecule has 0 bridgehead atoms. The number of hydrogen-bond donors (Lipinski definition) is 1. The second kappa shape index (κ2) is 7.52. The maximum atomic E-state index is 13.2. The van der Waals surface area contributed by atoms with Gasteiger partial charge < -0.3 is 14.8 Å². The topological polar surface area (TPSA) is 84.9 Å². The van der Waals surface area contributed by atoms with E-state index in [0.717, 1.165) is 0 Å². The number of halogens is 1. The van der Waals surface area contributed by atoms with E-state index in [1.54, 1.807) is 42.5 Å². The van der Waals surface area contributed by atoms with Crippen LogP contribution in [0.4, 0.5) is 11.4 Å². The highest BCUT2D eigenvalue weighted by Crippen LogP contribution is 2.38. The number of ether oxygens (including phenoxy) is 2. The summed E-state index contributed by atoms with van der Waals surface area (Å²) in [4.78, 5) is 13.0. The lowest BCUT2D eigenvalue weighted by Gasteiger charge is -2.25. The Morgan fingerprint density at radius 2 is 1.82 bits per heavy atom. The average Bonchev–Trinajstić information content (AvgIpc) is 2.93. The minimum absolute atomic E-state index is 0.155. The first-order valence-electron chi connectivity index (χ1n) is 8.54. The summed E-state index contributed by atoms with van der Waals surface area (Å²) in [6.45, 7) is 1.64. The second-order valence-corrected chi connectivity index (χ2v) is 9.28. The molecule has 28 heavy (non-hydrogen) atoms. The van der Waals surface area contributed by atoms with Crippen molar-refractivity contribution in [3.63, 3.8) is 0 Å². The molecule has 3 rings (SSSR count). The summed E-state index contributed by atoms with van der Waals surface area (Å²) in [5.41, 5.74) is 0.845. The Kier molecular flexibility index (Phi) is 5.45. The van der Waals surface area contributed by atoms with Crippen LogP contribution < -0.4 is 19.1 Å². The first-order chi connectivity index (χ1) is 13.2. The molecule has 1 heterocycles. The van der Waals surface area contributed by atoms with E-state index in [-0.39, 0.29) is 13.0 Å². The van der Waals surface area contributed by atoms with Crippen LogP contribution in [0.2, 0.25) is 5.02 Å². The molecule has 0 saturated carbocycles. The van der Waals surface area contributed by atoms with Gasteiger partial charge in [-0.25, -0.2) is 8.42 Å². The number of methoxy groups -OCH3 is 2. The van der Waals surface area contributed by atoms with E-state index in [0.29, 0.717) is 27.9 Å². The van der Waals surface area contributed by atoms with Crippen molar-refractivity contribution in [1.29, 1.82) is 0 Å². The molecule has 150 valence electrons. The van der Waals surface area contributed by atoms with E-state index >= 15 is 0 Å². The Labute approximate surface area is 169 Å². The molecule has 2 aromatic carbocycles. The molecule has 0 spiro atoms. The molecule has 7 nitrogen and oxygen atoms in total. The molecule has 9 heteroatoms. The molecular weight excluding hydrogens is 404 g/mol. The van der Waals surface area contributed by atoms with Crippen molar-refractivity contribution in [2.45, 2.75) is 18.1 Å². The van der Waals surface area contributed by atoms with Gasteiger partial charge in [-0.05, 0) is 49.7 Å². The van der Waals surface area contributed by atoms with E-state index in [1.165, 1.54) is 25.4 Å². The fourth-order valence-corrected chi connectivity index (χ4v) is 5.05. The third-order valence-corrected chi connectivity index (χ3v) is 7.66. The summed E-state index contributed by atoms with van der Waals surface area (Å²) in [6.07, 6.45) is 0.155. The van der Waals surface area contributed by atoms with Crippen LogP contribution in [0.25, 0.3) is 0 Å². The van der Waals surface area contributed by atoms with Gasteiger partial charge in [0.2, 0.25) is 15.9 Å². The minimum Gasteiger partial charge on any atom is -0.497 e. The lowest BCUT2D eigenvalue weighted by Crippen LogP contribution is -2.47. The normalized spacial score (nSPS) is 20.6. The molecule has 0 aromatic heterocycles. The number of nitrogens with zero attached hydrogens (tertiary/aromatic N) is 1. The lowest BCUT2D eigenvalue weighted by molar-refractivity contribution is -0.118. The largest absolute Gasteiger partial charge is 0.497 e. The van der Waals surface area contributed by atoms with E-state index in [4.69, 9.17) is 21.1 Å². The Morgan fingerprint density at radius 1 is 1.14 bits per heavy atom. The van der Waals surface area contributed by atoms with E-state index < -0.39 is 20.7 Å². The standard InChI is InChI=1S/C19H21ClN2O5S/c1-19(18(23)21-16-9-8-15(26-2)12-17(16)27-3)10-11-22(28(19,24)25)14-6-4-13(20)5-7-14/h4-9,12H,10-11H2,1-3H3,(H,21,23)/t19-/m0/s1. The van der Waals surface area contributed by atoms with Crippen LogP contribution in [0.5, 0.6) is 11.5 Å². The van der Waals surface area contributed by atoms with Gasteiger partial charge in [-0.3, -0.25) is 9.10 Å². The predicted molar refractivity (Wildman–Crippen MR) is 109 cm³/mol. The van der Waals surface area contributed by atoms with E-state index in [1.807, 2.05) is 0 Å². The van der Waals surface area contributed by atoms with Crippen molar-refractivity contribution in [1.82, 2.24) is 0 Å². The number of nitrogens with one attached hydrogen (secondary N) is 1. The SMILES string of the molecule is COc1ccc(NC(=O)[C@]2(C)CCN(c3ccc(Cl)cc3)S2(=O)=O)c(OC)c1. The van der Waals surface area contributed by atoms with Crippen LogP contribution in [0, 0.1) is 0 Å². The first-order valence-corrected chi connectivity index (χ1v) is 10.4. The number of amides is 1. The Morgan fingerprint density at radius 3 is 2.43 bits per heavy atom. The Hall–Kier alpha value is -2.45. The molecule has 0 unspecified atom stereocenters. The minimum atomic E-state index is -3.93. The Balaban J connectivity index is 1.88. The number of carbonyl (C=O) groups is 1. The van der Waals surface area contributed by atoms with Crippen LogP contribution in [0.1, 0.15) is 13.3 Å². The zero-order chi connectivity index (χ0) is 20.5. The number of rotatable bonds is 5. The first kappa shape index (κ1) is 20.3. The van der Waals surface area contributed by atoms with Gasteiger partial charge in [-0.15, -0.1) is 0 Å². The third-order valence-electron chi connectivity index (χ3n) is 4.90. The van der Waals surface area contributed by atoms with Gasteiger partial charge in [0.25, 0.3) is 0 Å². The fourth-order valence-electron chi connectivity index (χ4n) is 3.07. The molecule has 2 aromatic rings. The predicted octanol–water partition coefficient (Wildman–Crippen LogP) is 3.29. The van der Waals surface area contributed by atoms with Crippen molar-refractivity contribution in [2.24, 2.45) is 0 Å². The zero-order valence-electron chi connectivity index (χ0n) is 15.7. The van der Waals surface area contributed by atoms with Crippen molar-refractivity contribution in [3.05, 3.63) is 47.5 Å². The molecule has 1 atom stereocenters. The van der Waals surface area contributed by atoms with Crippen LogP contribution in [-0.4, -0.2) is 39.8 Å². The van der Waals surface area contributed by atoms with Crippen LogP contribution >= 0.6 is 11.6 Å². The van der Waals surface area contributed by atoms with Gasteiger partial charge in [0.15, 0.2) is 4.75 Å². The summed E-state index contributed by atoms with van der Waals surface area (Å²) in [7, 11) is -0.955. The quantitative estimate of drug-likeness (QED) is 0.796. The molecular formula is C19H21ClN2O5S. The summed E-state index contributed by atoms with van der Waals surface area (Å²) >= 11 is 5.88. The maximum absolute atomic E-state index is 13.2. The van der Waals surface area contributed by atoms with E-state index in [9.17, 15) is 13.2 Å². The second-order valence-electron chi connectivity index (χ2n) is 6.55. The fraction of sp³-hybridized carbons (Fsp3) is 0.316. The molecule has 1 N–H and O–H groups in total. The maximum Gasteiger partial charge on any atom is 0.249 e. The summed E-state index contributed by atoms with van der Waals surface area (Å²) in [5.74, 6) is 0.317. The molecule has 1 aliphatic heterocycles. The Bertz CT molecular complexity index is 994. The van der Waals surface area contributed by atoms with Crippen molar-refractivity contribution < 1.29 is 22.7 Å². The summed E-state index contributed by atoms with van der Waals surface area (Å²) in [6, 6.07) is 11.4. The van der Waals surface area contributed by atoms with Gasteiger partial charge in [-0.1, -0.05) is 11.6 Å². The molecule has 1 amide bonds. The van der Waals surface area contributed by atoms with Crippen LogP contribution in [0.3, 0.4) is 0 Å². The molecule has 0 aliphatic carbocycles. The highest BCUT2D eigenvalue weighted by atomic mass is 35.5. The average molecular weight is 425 g/mol. The number of hydrogen-bond acceptors (Lipinski definition) is 5. The van der Waals surface area contributed by atoms with Crippen molar-refractivity contribution >= 4 is 38.9 Å². The number of benzene rings is 2. The smallest absolute Gasteiger partial charge is 0.249 e. The number of carbonyl (C=O) groups excluding carboxylic acids is 1. The molecule has 1 aliphatic rings. The monoisotopic (exact) mass is 424 g/mol. The highest BCUT2D eigenvalue weighted by molar-refractivity contribution is 7.95. The summed E-state index contributed by atoms with van der Waals surface area (Å²) < 4.78 is 36.4. The molecule has 0 radical (unpaired) electrons. The summed E-state index contributed by atoms with van der Waals surface area (Å²) in [5, 5.41) is 3.19. The third kappa shape index (κ3) is 3.38. The van der Waals surface area contributed by atoms with E-state index in [2.05, 4.69) is 5.32 Å². The molecule has 1 fully saturated rings.